The average molecular weight is 279 g/mol. The first-order chi connectivity index (χ1) is 9.52. The van der Waals surface area contributed by atoms with Gasteiger partial charge in [0.25, 0.3) is 0 Å². The number of hydrogen-bond acceptors (Lipinski definition) is 3. The zero-order valence-electron chi connectivity index (χ0n) is 12.6. The third-order valence-corrected chi connectivity index (χ3v) is 4.50. The van der Waals surface area contributed by atoms with E-state index in [1.165, 1.54) is 5.56 Å². The normalized spacial score (nSPS) is 22.2. The Bertz CT molecular complexity index is 482. The number of nitrogens with zero attached hydrogens (tertiary/aromatic N) is 2. The SMILES string of the molecule is Cc1nn(C)c(C)c1CCC(=O)NC1CCCC1CO. The summed E-state index contributed by atoms with van der Waals surface area (Å²) in [6.07, 6.45) is 4.32. The molecule has 2 unspecified atom stereocenters. The molecule has 5 heteroatoms. The number of aryl methyl sites for hydroxylation is 2. The molecule has 1 heterocycles. The maximum Gasteiger partial charge on any atom is 0.220 e. The van der Waals surface area contributed by atoms with Crippen molar-refractivity contribution in [2.75, 3.05) is 6.61 Å². The fraction of sp³-hybridized carbons (Fsp3) is 0.733. The molecule has 112 valence electrons. The largest absolute Gasteiger partial charge is 0.396 e. The molecular formula is C15H25N3O2. The summed E-state index contributed by atoms with van der Waals surface area (Å²) in [4.78, 5) is 12.0. The third-order valence-electron chi connectivity index (χ3n) is 4.50. The third kappa shape index (κ3) is 3.20. The molecule has 0 spiro atoms. The minimum Gasteiger partial charge on any atom is -0.396 e. The molecule has 1 aromatic rings. The van der Waals surface area contributed by atoms with Crippen molar-refractivity contribution in [3.63, 3.8) is 0 Å². The Hall–Kier alpha value is -1.36. The van der Waals surface area contributed by atoms with E-state index in [9.17, 15) is 9.90 Å². The van der Waals surface area contributed by atoms with Crippen LogP contribution in [0.5, 0.6) is 0 Å². The first-order valence-electron chi connectivity index (χ1n) is 7.42. The molecule has 1 saturated carbocycles. The number of amides is 1. The van der Waals surface area contributed by atoms with Gasteiger partial charge in [0.1, 0.15) is 0 Å². The molecule has 20 heavy (non-hydrogen) atoms. The summed E-state index contributed by atoms with van der Waals surface area (Å²) >= 11 is 0. The van der Waals surface area contributed by atoms with Gasteiger partial charge in [-0.1, -0.05) is 6.42 Å². The van der Waals surface area contributed by atoms with Gasteiger partial charge >= 0.3 is 0 Å². The minimum absolute atomic E-state index is 0.0815. The number of carbonyl (C=O) groups is 1. The molecule has 2 atom stereocenters. The highest BCUT2D eigenvalue weighted by Gasteiger charge is 2.27. The highest BCUT2D eigenvalue weighted by molar-refractivity contribution is 5.76. The predicted octanol–water partition coefficient (Wildman–Crippen LogP) is 1.25. The van der Waals surface area contributed by atoms with Crippen molar-refractivity contribution in [1.82, 2.24) is 15.1 Å². The monoisotopic (exact) mass is 279 g/mol. The van der Waals surface area contributed by atoms with Crippen LogP contribution in [0.15, 0.2) is 0 Å². The summed E-state index contributed by atoms with van der Waals surface area (Å²) in [7, 11) is 1.93. The van der Waals surface area contributed by atoms with Crippen LogP contribution in [0, 0.1) is 19.8 Å². The summed E-state index contributed by atoms with van der Waals surface area (Å²) in [6, 6.07) is 0.156. The zero-order chi connectivity index (χ0) is 14.7. The van der Waals surface area contributed by atoms with E-state index in [1.54, 1.807) is 0 Å². The van der Waals surface area contributed by atoms with Crippen molar-refractivity contribution < 1.29 is 9.90 Å². The van der Waals surface area contributed by atoms with Gasteiger partial charge < -0.3 is 10.4 Å². The van der Waals surface area contributed by atoms with Crippen LogP contribution in [0.3, 0.4) is 0 Å². The molecule has 0 radical (unpaired) electrons. The van der Waals surface area contributed by atoms with Crippen LogP contribution in [0.2, 0.25) is 0 Å². The van der Waals surface area contributed by atoms with Gasteiger partial charge in [-0.3, -0.25) is 9.48 Å². The lowest BCUT2D eigenvalue weighted by Gasteiger charge is -2.19. The molecule has 0 aromatic carbocycles. The van der Waals surface area contributed by atoms with E-state index < -0.39 is 0 Å². The van der Waals surface area contributed by atoms with Gasteiger partial charge in [0.05, 0.1) is 5.69 Å². The van der Waals surface area contributed by atoms with Crippen LogP contribution < -0.4 is 5.32 Å². The topological polar surface area (TPSA) is 67.2 Å². The van der Waals surface area contributed by atoms with Gasteiger partial charge in [0, 0.05) is 37.7 Å². The lowest BCUT2D eigenvalue weighted by atomic mass is 10.0. The molecule has 0 bridgehead atoms. The van der Waals surface area contributed by atoms with Crippen molar-refractivity contribution in [3.8, 4) is 0 Å². The van der Waals surface area contributed by atoms with Gasteiger partial charge in [-0.15, -0.1) is 0 Å². The molecular weight excluding hydrogens is 254 g/mol. The van der Waals surface area contributed by atoms with Crippen molar-refractivity contribution in [2.45, 2.75) is 52.0 Å². The minimum atomic E-state index is 0.0815. The lowest BCUT2D eigenvalue weighted by molar-refractivity contribution is -0.122. The first-order valence-corrected chi connectivity index (χ1v) is 7.42. The van der Waals surface area contributed by atoms with Crippen LogP contribution in [0.4, 0.5) is 0 Å². The van der Waals surface area contributed by atoms with E-state index in [0.29, 0.717) is 6.42 Å². The zero-order valence-corrected chi connectivity index (χ0v) is 12.6. The Balaban J connectivity index is 1.86. The number of carbonyl (C=O) groups excluding carboxylic acids is 1. The Kier molecular flexibility index (Phi) is 4.81. The Morgan fingerprint density at radius 1 is 1.45 bits per heavy atom. The van der Waals surface area contributed by atoms with E-state index in [0.717, 1.165) is 37.1 Å². The van der Waals surface area contributed by atoms with Crippen molar-refractivity contribution in [3.05, 3.63) is 17.0 Å². The number of aliphatic hydroxyl groups is 1. The van der Waals surface area contributed by atoms with Gasteiger partial charge in [0.15, 0.2) is 0 Å². The van der Waals surface area contributed by atoms with Crippen LogP contribution in [0.1, 0.15) is 42.6 Å². The summed E-state index contributed by atoms with van der Waals surface area (Å²) in [5.41, 5.74) is 3.31. The van der Waals surface area contributed by atoms with Gasteiger partial charge in [-0.2, -0.15) is 5.10 Å². The highest BCUT2D eigenvalue weighted by Crippen LogP contribution is 2.25. The maximum absolute atomic E-state index is 12.0. The molecule has 0 aliphatic heterocycles. The second-order valence-corrected chi connectivity index (χ2v) is 5.82. The standard InChI is InChI=1S/C15H25N3O2/c1-10-13(11(2)18(3)17-10)7-8-15(20)16-14-6-4-5-12(14)9-19/h12,14,19H,4-9H2,1-3H3,(H,16,20). The fourth-order valence-electron chi connectivity index (χ4n) is 3.14. The number of rotatable bonds is 5. The van der Waals surface area contributed by atoms with Crippen LogP contribution in [-0.4, -0.2) is 33.4 Å². The molecule has 1 aliphatic rings. The number of hydrogen-bond donors (Lipinski definition) is 2. The Morgan fingerprint density at radius 2 is 2.20 bits per heavy atom. The summed E-state index contributed by atoms with van der Waals surface area (Å²) in [5.74, 6) is 0.318. The summed E-state index contributed by atoms with van der Waals surface area (Å²) in [5, 5.41) is 16.7. The molecule has 2 rings (SSSR count). The number of aromatic nitrogens is 2. The molecule has 0 saturated heterocycles. The van der Waals surface area contributed by atoms with Crippen LogP contribution in [-0.2, 0) is 18.3 Å². The summed E-state index contributed by atoms with van der Waals surface area (Å²) < 4.78 is 1.86. The highest BCUT2D eigenvalue weighted by atomic mass is 16.3. The van der Waals surface area contributed by atoms with E-state index in [-0.39, 0.29) is 24.5 Å². The van der Waals surface area contributed by atoms with Crippen LogP contribution >= 0.6 is 0 Å². The van der Waals surface area contributed by atoms with Gasteiger partial charge in [0.2, 0.25) is 5.91 Å². The van der Waals surface area contributed by atoms with E-state index in [4.69, 9.17) is 0 Å². The van der Waals surface area contributed by atoms with Crippen molar-refractivity contribution in [1.29, 1.82) is 0 Å². The van der Waals surface area contributed by atoms with Gasteiger partial charge in [-0.25, -0.2) is 0 Å². The molecule has 1 aromatic heterocycles. The summed E-state index contributed by atoms with van der Waals surface area (Å²) in [6.45, 7) is 4.19. The van der Waals surface area contributed by atoms with Crippen LogP contribution in [0.25, 0.3) is 0 Å². The fourth-order valence-corrected chi connectivity index (χ4v) is 3.14. The van der Waals surface area contributed by atoms with Crippen molar-refractivity contribution >= 4 is 5.91 Å². The second-order valence-electron chi connectivity index (χ2n) is 5.82. The van der Waals surface area contributed by atoms with E-state index in [2.05, 4.69) is 10.4 Å². The quantitative estimate of drug-likeness (QED) is 0.852. The van der Waals surface area contributed by atoms with Gasteiger partial charge in [-0.05, 0) is 38.7 Å². The molecule has 1 aliphatic carbocycles. The molecule has 1 fully saturated rings. The second kappa shape index (κ2) is 6.39. The Morgan fingerprint density at radius 3 is 2.80 bits per heavy atom. The molecule has 2 N–H and O–H groups in total. The van der Waals surface area contributed by atoms with E-state index >= 15 is 0 Å². The smallest absolute Gasteiger partial charge is 0.220 e. The van der Waals surface area contributed by atoms with E-state index in [1.807, 2.05) is 25.6 Å². The Labute approximate surface area is 120 Å². The molecule has 1 amide bonds. The lowest BCUT2D eigenvalue weighted by Crippen LogP contribution is -2.38. The van der Waals surface area contributed by atoms with Crippen molar-refractivity contribution in [2.24, 2.45) is 13.0 Å². The number of aliphatic hydroxyl groups excluding tert-OH is 1. The predicted molar refractivity (Wildman–Crippen MR) is 77.4 cm³/mol. The average Bonchev–Trinajstić information content (AvgIpc) is 2.94. The number of nitrogens with one attached hydrogen (secondary N) is 1. The molecule has 5 nitrogen and oxygen atoms in total. The first kappa shape index (κ1) is 15.0. The maximum atomic E-state index is 12.0.